The third kappa shape index (κ3) is 3.26. The fourth-order valence-corrected chi connectivity index (χ4v) is 2.95. The van der Waals surface area contributed by atoms with E-state index in [1.165, 1.54) is 12.1 Å². The first-order valence-electron chi connectivity index (χ1n) is 7.65. The van der Waals surface area contributed by atoms with Crippen LogP contribution in [0.15, 0.2) is 58.1 Å². The van der Waals surface area contributed by atoms with Gasteiger partial charge in [0.1, 0.15) is 0 Å². The normalized spacial score (nSPS) is 20.2. The molecule has 1 aliphatic heterocycles. The third-order valence-corrected chi connectivity index (χ3v) is 4.60. The summed E-state index contributed by atoms with van der Waals surface area (Å²) in [5.41, 5.74) is -2.28. The number of halogens is 4. The molecule has 2 aromatic rings. The highest BCUT2D eigenvalue weighted by Gasteiger charge is 2.63. The number of nitrogens with zero attached hydrogens (tertiary/aromatic N) is 2. The molecule has 3 rings (SSSR count). The fraction of sp³-hybridized carbons (Fsp3) is 0.222. The number of rotatable bonds is 2. The number of amides is 1. The molecule has 0 radical (unpaired) electrons. The first-order chi connectivity index (χ1) is 12.1. The van der Waals surface area contributed by atoms with Crippen molar-refractivity contribution in [1.29, 1.82) is 0 Å². The fourth-order valence-electron chi connectivity index (χ4n) is 2.68. The third-order valence-electron chi connectivity index (χ3n) is 4.07. The van der Waals surface area contributed by atoms with Gasteiger partial charge in [-0.3, -0.25) is 4.79 Å². The number of benzene rings is 2. The zero-order valence-electron chi connectivity index (χ0n) is 13.6. The van der Waals surface area contributed by atoms with Crippen LogP contribution in [0.1, 0.15) is 27.9 Å². The zero-order chi connectivity index (χ0) is 19.1. The molecule has 0 unspecified atom stereocenters. The number of hydrazone groups is 1. The molecule has 1 N–H and O–H groups in total. The topological polar surface area (TPSA) is 52.9 Å². The lowest BCUT2D eigenvalue weighted by Gasteiger charge is -2.32. The van der Waals surface area contributed by atoms with E-state index in [1.807, 2.05) is 0 Å². The van der Waals surface area contributed by atoms with Gasteiger partial charge >= 0.3 is 6.18 Å². The van der Waals surface area contributed by atoms with E-state index in [0.717, 1.165) is 4.47 Å². The SMILES string of the molecule is Cc1cccc(C(=O)N2N=C(c3ccc(Br)cc3)C[C@]2(O)C(F)(F)F)c1. The number of aliphatic hydroxyl groups is 1. The molecule has 0 aromatic heterocycles. The molecule has 0 saturated carbocycles. The van der Waals surface area contributed by atoms with Crippen molar-refractivity contribution in [2.75, 3.05) is 0 Å². The van der Waals surface area contributed by atoms with Crippen molar-refractivity contribution in [2.24, 2.45) is 5.10 Å². The van der Waals surface area contributed by atoms with Gasteiger partial charge in [-0.05, 0) is 36.8 Å². The quantitative estimate of drug-likeness (QED) is 0.779. The highest BCUT2D eigenvalue weighted by atomic mass is 79.9. The smallest absolute Gasteiger partial charge is 0.362 e. The minimum atomic E-state index is -5.06. The van der Waals surface area contributed by atoms with Gasteiger partial charge in [0.25, 0.3) is 11.6 Å². The number of carbonyl (C=O) groups is 1. The summed E-state index contributed by atoms with van der Waals surface area (Å²) in [6.45, 7) is 1.72. The van der Waals surface area contributed by atoms with Crippen molar-refractivity contribution < 1.29 is 23.1 Å². The molecule has 0 bridgehead atoms. The summed E-state index contributed by atoms with van der Waals surface area (Å²) in [7, 11) is 0. The summed E-state index contributed by atoms with van der Waals surface area (Å²) < 4.78 is 41.5. The molecule has 0 aliphatic carbocycles. The van der Waals surface area contributed by atoms with E-state index in [0.29, 0.717) is 11.1 Å². The lowest BCUT2D eigenvalue weighted by Crippen LogP contribution is -2.56. The molecule has 1 heterocycles. The standard InChI is InChI=1S/C18H14BrF3N2O2/c1-11-3-2-4-13(9-11)16(25)24-17(26,18(20,21)22)10-15(23-24)12-5-7-14(19)8-6-12/h2-9,26H,10H2,1H3/t17-/m0/s1. The van der Waals surface area contributed by atoms with Crippen LogP contribution in [0.5, 0.6) is 0 Å². The van der Waals surface area contributed by atoms with Crippen LogP contribution in [0.3, 0.4) is 0 Å². The Kier molecular flexibility index (Phi) is 4.66. The Balaban J connectivity index is 2.05. The van der Waals surface area contributed by atoms with Gasteiger partial charge in [0.15, 0.2) is 0 Å². The van der Waals surface area contributed by atoms with Crippen LogP contribution < -0.4 is 0 Å². The van der Waals surface area contributed by atoms with Crippen molar-refractivity contribution in [1.82, 2.24) is 5.01 Å². The van der Waals surface area contributed by atoms with Gasteiger partial charge in [-0.15, -0.1) is 0 Å². The highest BCUT2D eigenvalue weighted by Crippen LogP contribution is 2.42. The average Bonchev–Trinajstić information content (AvgIpc) is 2.94. The second kappa shape index (κ2) is 6.51. The summed E-state index contributed by atoms with van der Waals surface area (Å²) >= 11 is 3.25. The Morgan fingerprint density at radius 3 is 2.46 bits per heavy atom. The van der Waals surface area contributed by atoms with Gasteiger partial charge in [0.05, 0.1) is 12.1 Å². The summed E-state index contributed by atoms with van der Waals surface area (Å²) in [6.07, 6.45) is -5.90. The van der Waals surface area contributed by atoms with Crippen LogP contribution in [0.25, 0.3) is 0 Å². The molecule has 8 heteroatoms. The van der Waals surface area contributed by atoms with Crippen molar-refractivity contribution >= 4 is 27.5 Å². The second-order valence-corrected chi connectivity index (χ2v) is 6.95. The van der Waals surface area contributed by atoms with E-state index in [-0.39, 0.29) is 16.3 Å². The minimum Gasteiger partial charge on any atom is -0.362 e. The Labute approximate surface area is 156 Å². The number of hydrogen-bond acceptors (Lipinski definition) is 3. The van der Waals surface area contributed by atoms with E-state index in [1.54, 1.807) is 43.3 Å². The van der Waals surface area contributed by atoms with Crippen molar-refractivity contribution in [3.05, 3.63) is 69.7 Å². The molecule has 4 nitrogen and oxygen atoms in total. The maximum absolute atomic E-state index is 13.6. The van der Waals surface area contributed by atoms with E-state index in [4.69, 9.17) is 0 Å². The molecule has 1 atom stereocenters. The van der Waals surface area contributed by atoms with E-state index < -0.39 is 24.2 Å². The molecule has 1 amide bonds. The average molecular weight is 427 g/mol. The lowest BCUT2D eigenvalue weighted by atomic mass is 10.0. The van der Waals surface area contributed by atoms with Crippen LogP contribution in [0.2, 0.25) is 0 Å². The number of aryl methyl sites for hydroxylation is 1. The van der Waals surface area contributed by atoms with Crippen LogP contribution in [0, 0.1) is 6.92 Å². The van der Waals surface area contributed by atoms with Gasteiger partial charge < -0.3 is 5.11 Å². The first kappa shape index (κ1) is 18.6. The van der Waals surface area contributed by atoms with Gasteiger partial charge in [-0.1, -0.05) is 45.8 Å². The molecule has 0 spiro atoms. The Hall–Kier alpha value is -2.19. The summed E-state index contributed by atoms with van der Waals surface area (Å²) in [5, 5.41) is 14.3. The summed E-state index contributed by atoms with van der Waals surface area (Å²) in [5.74, 6) is -1.01. The number of carbonyl (C=O) groups excluding carboxylic acids is 1. The van der Waals surface area contributed by atoms with Gasteiger partial charge in [0.2, 0.25) is 0 Å². The van der Waals surface area contributed by atoms with Crippen LogP contribution in [-0.2, 0) is 0 Å². The van der Waals surface area contributed by atoms with Crippen molar-refractivity contribution in [3.8, 4) is 0 Å². The first-order valence-corrected chi connectivity index (χ1v) is 8.45. The molecule has 1 aliphatic rings. The molecule has 2 aromatic carbocycles. The van der Waals surface area contributed by atoms with Crippen LogP contribution >= 0.6 is 15.9 Å². The van der Waals surface area contributed by atoms with Crippen molar-refractivity contribution in [2.45, 2.75) is 25.2 Å². The van der Waals surface area contributed by atoms with Gasteiger partial charge in [-0.2, -0.15) is 23.3 Å². The van der Waals surface area contributed by atoms with E-state index >= 15 is 0 Å². The maximum atomic E-state index is 13.6. The molecule has 0 saturated heterocycles. The van der Waals surface area contributed by atoms with Gasteiger partial charge in [0, 0.05) is 10.0 Å². The number of alkyl halides is 3. The van der Waals surface area contributed by atoms with Crippen molar-refractivity contribution in [3.63, 3.8) is 0 Å². The Morgan fingerprint density at radius 2 is 1.88 bits per heavy atom. The lowest BCUT2D eigenvalue weighted by molar-refractivity contribution is -0.297. The summed E-state index contributed by atoms with van der Waals surface area (Å²) in [4.78, 5) is 12.6. The molecular formula is C18H14BrF3N2O2. The Morgan fingerprint density at radius 1 is 1.23 bits per heavy atom. The predicted octanol–water partition coefficient (Wildman–Crippen LogP) is 4.26. The minimum absolute atomic E-state index is 0.0154. The van der Waals surface area contributed by atoms with Crippen LogP contribution in [0.4, 0.5) is 13.2 Å². The molecule has 0 fully saturated rings. The largest absolute Gasteiger partial charge is 0.438 e. The monoisotopic (exact) mass is 426 g/mol. The zero-order valence-corrected chi connectivity index (χ0v) is 15.2. The predicted molar refractivity (Wildman–Crippen MR) is 93.6 cm³/mol. The maximum Gasteiger partial charge on any atom is 0.438 e. The molecule has 26 heavy (non-hydrogen) atoms. The Bertz CT molecular complexity index is 881. The van der Waals surface area contributed by atoms with E-state index in [2.05, 4.69) is 21.0 Å². The summed E-state index contributed by atoms with van der Waals surface area (Å²) in [6, 6.07) is 12.6. The number of hydrogen-bond donors (Lipinski definition) is 1. The highest BCUT2D eigenvalue weighted by molar-refractivity contribution is 9.10. The van der Waals surface area contributed by atoms with Crippen LogP contribution in [-0.4, -0.2) is 33.6 Å². The van der Waals surface area contributed by atoms with Gasteiger partial charge in [-0.25, -0.2) is 0 Å². The molecule has 136 valence electrons. The van der Waals surface area contributed by atoms with E-state index in [9.17, 15) is 23.1 Å². The molecular weight excluding hydrogens is 413 g/mol. The second-order valence-electron chi connectivity index (χ2n) is 6.03.